The molecular formula is C15H18O4. The van der Waals surface area contributed by atoms with E-state index in [0.717, 1.165) is 24.8 Å². The summed E-state index contributed by atoms with van der Waals surface area (Å²) in [7, 11) is 1.30. The number of esters is 2. The van der Waals surface area contributed by atoms with Crippen molar-refractivity contribution in [1.29, 1.82) is 0 Å². The van der Waals surface area contributed by atoms with Crippen LogP contribution in [0.2, 0.25) is 0 Å². The quantitative estimate of drug-likeness (QED) is 0.603. The highest BCUT2D eigenvalue weighted by Gasteiger charge is 2.40. The van der Waals surface area contributed by atoms with E-state index in [1.165, 1.54) is 7.11 Å². The van der Waals surface area contributed by atoms with E-state index in [-0.39, 0.29) is 12.5 Å². The van der Waals surface area contributed by atoms with Crippen molar-refractivity contribution >= 4 is 11.9 Å². The molecule has 0 bridgehead atoms. The first-order chi connectivity index (χ1) is 9.22. The summed E-state index contributed by atoms with van der Waals surface area (Å²) in [6, 6.07) is 9.42. The molecule has 102 valence electrons. The molecule has 1 unspecified atom stereocenters. The minimum Gasteiger partial charge on any atom is -0.468 e. The molecule has 1 saturated carbocycles. The molecule has 4 nitrogen and oxygen atoms in total. The molecule has 0 aromatic heterocycles. The number of methoxy groups -OCH3 is 1. The maximum Gasteiger partial charge on any atom is 0.320 e. The topological polar surface area (TPSA) is 52.6 Å². The second-order valence-corrected chi connectivity index (χ2v) is 4.79. The van der Waals surface area contributed by atoms with E-state index in [0.29, 0.717) is 0 Å². The third kappa shape index (κ3) is 3.34. The molecule has 1 fully saturated rings. The van der Waals surface area contributed by atoms with E-state index in [4.69, 9.17) is 9.47 Å². The predicted octanol–water partition coefficient (Wildman–Crippen LogP) is 2.32. The molecule has 0 radical (unpaired) electrons. The molecule has 2 rings (SSSR count). The Labute approximate surface area is 112 Å². The van der Waals surface area contributed by atoms with E-state index in [2.05, 4.69) is 0 Å². The number of hydrogen-bond donors (Lipinski definition) is 0. The summed E-state index contributed by atoms with van der Waals surface area (Å²) in [5, 5.41) is 0. The Morgan fingerprint density at radius 2 is 1.89 bits per heavy atom. The molecule has 0 saturated heterocycles. The van der Waals surface area contributed by atoms with Crippen molar-refractivity contribution in [3.8, 4) is 0 Å². The van der Waals surface area contributed by atoms with Crippen LogP contribution in [0.4, 0.5) is 0 Å². The average Bonchev–Trinajstić information content (AvgIpc) is 2.40. The van der Waals surface area contributed by atoms with Gasteiger partial charge < -0.3 is 9.47 Å². The van der Waals surface area contributed by atoms with Gasteiger partial charge in [-0.3, -0.25) is 9.59 Å². The van der Waals surface area contributed by atoms with E-state index in [9.17, 15) is 9.59 Å². The van der Waals surface area contributed by atoms with Gasteiger partial charge in [-0.15, -0.1) is 0 Å². The Hall–Kier alpha value is -1.84. The van der Waals surface area contributed by atoms with Gasteiger partial charge in [0.25, 0.3) is 0 Å². The smallest absolute Gasteiger partial charge is 0.320 e. The Balaban J connectivity index is 1.94. The number of hydrogen-bond acceptors (Lipinski definition) is 4. The second kappa shape index (κ2) is 6.36. The monoisotopic (exact) mass is 262 g/mol. The summed E-state index contributed by atoms with van der Waals surface area (Å²) < 4.78 is 9.93. The minimum atomic E-state index is -0.762. The van der Waals surface area contributed by atoms with Crippen molar-refractivity contribution < 1.29 is 19.1 Å². The number of ether oxygens (including phenoxy) is 2. The average molecular weight is 262 g/mol. The normalized spacial score (nSPS) is 16.3. The fourth-order valence-corrected chi connectivity index (χ4v) is 2.20. The molecule has 4 heteroatoms. The van der Waals surface area contributed by atoms with Crippen molar-refractivity contribution in [3.63, 3.8) is 0 Å². The Bertz CT molecular complexity index is 437. The number of carbonyl (C=O) groups excluding carboxylic acids is 2. The van der Waals surface area contributed by atoms with Gasteiger partial charge in [0.2, 0.25) is 0 Å². The molecule has 0 heterocycles. The van der Waals surface area contributed by atoms with Crippen LogP contribution in [0.15, 0.2) is 30.3 Å². The summed E-state index contributed by atoms with van der Waals surface area (Å²) >= 11 is 0. The standard InChI is InChI=1S/C15H18O4/c1-18-14(16)13(12-8-5-9-12)15(17)19-10-11-6-3-2-4-7-11/h2-4,6-7,12-13H,5,8-10H2,1H3. The van der Waals surface area contributed by atoms with E-state index in [1.807, 2.05) is 30.3 Å². The van der Waals surface area contributed by atoms with Crippen LogP contribution in [0.25, 0.3) is 0 Å². The summed E-state index contributed by atoms with van der Waals surface area (Å²) in [5.41, 5.74) is 0.910. The Morgan fingerprint density at radius 1 is 1.21 bits per heavy atom. The number of benzene rings is 1. The van der Waals surface area contributed by atoms with Gasteiger partial charge in [-0.1, -0.05) is 36.8 Å². The summed E-state index contributed by atoms with van der Waals surface area (Å²) in [4.78, 5) is 23.7. The lowest BCUT2D eigenvalue weighted by Crippen LogP contribution is -2.37. The molecule has 19 heavy (non-hydrogen) atoms. The van der Waals surface area contributed by atoms with Gasteiger partial charge in [0.1, 0.15) is 6.61 Å². The lowest BCUT2D eigenvalue weighted by molar-refractivity contribution is -0.165. The molecule has 0 aliphatic heterocycles. The third-order valence-corrected chi connectivity index (χ3v) is 3.55. The summed E-state index contributed by atoms with van der Waals surface area (Å²) in [6.07, 6.45) is 2.84. The zero-order chi connectivity index (χ0) is 13.7. The first kappa shape index (κ1) is 13.6. The SMILES string of the molecule is COC(=O)C(C(=O)OCc1ccccc1)C1CCC1. The molecule has 1 atom stereocenters. The van der Waals surface area contributed by atoms with Gasteiger partial charge in [0.15, 0.2) is 5.92 Å². The first-order valence-electron chi connectivity index (χ1n) is 6.50. The summed E-state index contributed by atoms with van der Waals surface area (Å²) in [5.74, 6) is -1.64. The molecule has 0 spiro atoms. The van der Waals surface area contributed by atoms with Crippen LogP contribution < -0.4 is 0 Å². The number of carbonyl (C=O) groups is 2. The first-order valence-corrected chi connectivity index (χ1v) is 6.50. The van der Waals surface area contributed by atoms with Gasteiger partial charge in [-0.25, -0.2) is 0 Å². The van der Waals surface area contributed by atoms with Crippen molar-refractivity contribution in [2.45, 2.75) is 25.9 Å². The fraction of sp³-hybridized carbons (Fsp3) is 0.467. The van der Waals surface area contributed by atoms with E-state index < -0.39 is 17.9 Å². The highest BCUT2D eigenvalue weighted by atomic mass is 16.5. The molecule has 0 amide bonds. The lowest BCUT2D eigenvalue weighted by atomic mass is 9.76. The van der Waals surface area contributed by atoms with Crippen LogP contribution in [0.3, 0.4) is 0 Å². The third-order valence-electron chi connectivity index (χ3n) is 3.55. The second-order valence-electron chi connectivity index (χ2n) is 4.79. The molecular weight excluding hydrogens is 244 g/mol. The van der Waals surface area contributed by atoms with Gasteiger partial charge in [0.05, 0.1) is 7.11 Å². The van der Waals surface area contributed by atoms with E-state index >= 15 is 0 Å². The summed E-state index contributed by atoms with van der Waals surface area (Å²) in [6.45, 7) is 0.194. The maximum atomic E-state index is 12.0. The predicted molar refractivity (Wildman–Crippen MR) is 69.1 cm³/mol. The lowest BCUT2D eigenvalue weighted by Gasteiger charge is -2.30. The van der Waals surface area contributed by atoms with Crippen LogP contribution in [0, 0.1) is 11.8 Å². The Morgan fingerprint density at radius 3 is 2.42 bits per heavy atom. The van der Waals surface area contributed by atoms with Gasteiger partial charge in [0, 0.05) is 0 Å². The molecule has 1 aliphatic carbocycles. The fourth-order valence-electron chi connectivity index (χ4n) is 2.20. The van der Waals surface area contributed by atoms with Crippen LogP contribution in [0.1, 0.15) is 24.8 Å². The van der Waals surface area contributed by atoms with Gasteiger partial charge >= 0.3 is 11.9 Å². The number of rotatable bonds is 5. The van der Waals surface area contributed by atoms with Crippen molar-refractivity contribution in [2.75, 3.05) is 7.11 Å². The minimum absolute atomic E-state index is 0.0794. The van der Waals surface area contributed by atoms with Crippen LogP contribution in [-0.4, -0.2) is 19.0 Å². The van der Waals surface area contributed by atoms with Gasteiger partial charge in [-0.2, -0.15) is 0 Å². The Kier molecular flexibility index (Phi) is 4.55. The van der Waals surface area contributed by atoms with Gasteiger partial charge in [-0.05, 0) is 24.3 Å². The molecule has 1 aromatic carbocycles. The highest BCUT2D eigenvalue weighted by molar-refractivity contribution is 5.95. The molecule has 1 aromatic rings. The van der Waals surface area contributed by atoms with Crippen LogP contribution in [0.5, 0.6) is 0 Å². The van der Waals surface area contributed by atoms with Crippen molar-refractivity contribution in [2.24, 2.45) is 11.8 Å². The molecule has 0 N–H and O–H groups in total. The van der Waals surface area contributed by atoms with Crippen molar-refractivity contribution in [3.05, 3.63) is 35.9 Å². The molecule has 1 aliphatic rings. The van der Waals surface area contributed by atoms with Crippen LogP contribution >= 0.6 is 0 Å². The zero-order valence-electron chi connectivity index (χ0n) is 11.0. The van der Waals surface area contributed by atoms with Crippen LogP contribution in [-0.2, 0) is 25.7 Å². The van der Waals surface area contributed by atoms with Crippen molar-refractivity contribution in [1.82, 2.24) is 0 Å². The maximum absolute atomic E-state index is 12.0. The van der Waals surface area contributed by atoms with E-state index in [1.54, 1.807) is 0 Å². The zero-order valence-corrected chi connectivity index (χ0v) is 11.0. The highest BCUT2D eigenvalue weighted by Crippen LogP contribution is 2.34. The largest absolute Gasteiger partial charge is 0.468 e.